The summed E-state index contributed by atoms with van der Waals surface area (Å²) in [6.07, 6.45) is 2.65. The summed E-state index contributed by atoms with van der Waals surface area (Å²) in [5.74, 6) is 0.319. The fourth-order valence-electron chi connectivity index (χ4n) is 4.18. The number of hydrogen-bond donors (Lipinski definition) is 2. The molecule has 0 saturated carbocycles. The summed E-state index contributed by atoms with van der Waals surface area (Å²) in [6, 6.07) is 10.6. The third kappa shape index (κ3) is 5.30. The van der Waals surface area contributed by atoms with Crippen LogP contribution in [-0.2, 0) is 16.1 Å². The Morgan fingerprint density at radius 2 is 1.81 bits per heavy atom. The van der Waals surface area contributed by atoms with E-state index in [9.17, 15) is 9.59 Å². The molecule has 3 rings (SSSR count). The van der Waals surface area contributed by atoms with Gasteiger partial charge in [0.25, 0.3) is 0 Å². The second-order valence-electron chi connectivity index (χ2n) is 7.82. The molecule has 2 aliphatic rings. The Hall–Kier alpha value is -1.92. The number of nitrogens with zero attached hydrogens (tertiary/aromatic N) is 2. The number of piperidine rings is 1. The van der Waals surface area contributed by atoms with Gasteiger partial charge in [0.1, 0.15) is 0 Å². The van der Waals surface area contributed by atoms with Gasteiger partial charge in [0.15, 0.2) is 0 Å². The number of carbonyl (C=O) groups excluding carboxylic acids is 2. The Morgan fingerprint density at radius 3 is 2.48 bits per heavy atom. The van der Waals surface area contributed by atoms with Gasteiger partial charge < -0.3 is 10.6 Å². The van der Waals surface area contributed by atoms with Crippen LogP contribution in [0.1, 0.15) is 31.7 Å². The van der Waals surface area contributed by atoms with Crippen molar-refractivity contribution in [3.8, 4) is 0 Å². The first-order valence-electron chi connectivity index (χ1n) is 10.1. The number of hydrogen-bond acceptors (Lipinski definition) is 4. The normalized spacial score (nSPS) is 23.1. The molecule has 0 aliphatic carbocycles. The number of amides is 2. The summed E-state index contributed by atoms with van der Waals surface area (Å²) in [5.41, 5.74) is 1.32. The van der Waals surface area contributed by atoms with Gasteiger partial charge in [-0.2, -0.15) is 0 Å². The first-order chi connectivity index (χ1) is 13.1. The van der Waals surface area contributed by atoms with Crippen LogP contribution in [0.2, 0.25) is 0 Å². The number of benzene rings is 1. The molecule has 27 heavy (non-hydrogen) atoms. The van der Waals surface area contributed by atoms with Crippen LogP contribution >= 0.6 is 0 Å². The molecule has 2 amide bonds. The number of rotatable bonds is 6. The number of likely N-dealkylation sites (tertiary alicyclic amines) is 2. The summed E-state index contributed by atoms with van der Waals surface area (Å²) in [5, 5.41) is 5.97. The topological polar surface area (TPSA) is 64.7 Å². The highest BCUT2D eigenvalue weighted by Crippen LogP contribution is 2.20. The molecule has 2 atom stereocenters. The first kappa shape index (κ1) is 19.8. The zero-order valence-corrected chi connectivity index (χ0v) is 16.5. The molecule has 2 heterocycles. The molecule has 2 saturated heterocycles. The van der Waals surface area contributed by atoms with E-state index in [2.05, 4.69) is 44.7 Å². The average molecular weight is 373 g/mol. The molecule has 6 heteroatoms. The van der Waals surface area contributed by atoms with E-state index in [-0.39, 0.29) is 29.8 Å². The van der Waals surface area contributed by atoms with Crippen LogP contribution in [0, 0.1) is 5.92 Å². The third-order valence-corrected chi connectivity index (χ3v) is 5.94. The van der Waals surface area contributed by atoms with Crippen LogP contribution in [0.3, 0.4) is 0 Å². The Bertz CT molecular complexity index is 628. The molecule has 0 bridgehead atoms. The highest BCUT2D eigenvalue weighted by Gasteiger charge is 2.31. The smallest absolute Gasteiger partial charge is 0.237 e. The van der Waals surface area contributed by atoms with Crippen molar-refractivity contribution >= 4 is 11.8 Å². The van der Waals surface area contributed by atoms with Crippen molar-refractivity contribution in [1.82, 2.24) is 20.4 Å². The standard InChI is InChI=1S/C21H32N4O2/c1-16(25-12-8-18(9-13-25)21(27)22-2)20(26)23-19-10-11-24(15-19)14-17-6-4-3-5-7-17/h3-7,16,18-19H,8-15H2,1-2H3,(H,22,27)(H,23,26). The maximum atomic E-state index is 12.7. The monoisotopic (exact) mass is 372 g/mol. The van der Waals surface area contributed by atoms with E-state index in [1.807, 2.05) is 13.0 Å². The molecule has 1 aromatic rings. The molecule has 2 fully saturated rings. The van der Waals surface area contributed by atoms with Crippen molar-refractivity contribution in [1.29, 1.82) is 0 Å². The van der Waals surface area contributed by atoms with Crippen LogP contribution < -0.4 is 10.6 Å². The second-order valence-corrected chi connectivity index (χ2v) is 7.82. The molecule has 0 spiro atoms. The molecule has 2 unspecified atom stereocenters. The third-order valence-electron chi connectivity index (χ3n) is 5.94. The molecule has 1 aromatic carbocycles. The van der Waals surface area contributed by atoms with Crippen LogP contribution in [0.5, 0.6) is 0 Å². The van der Waals surface area contributed by atoms with Crippen molar-refractivity contribution in [2.24, 2.45) is 5.92 Å². The van der Waals surface area contributed by atoms with E-state index in [1.54, 1.807) is 7.05 Å². The van der Waals surface area contributed by atoms with Gasteiger partial charge in [-0.3, -0.25) is 19.4 Å². The Morgan fingerprint density at radius 1 is 1.11 bits per heavy atom. The lowest BCUT2D eigenvalue weighted by Gasteiger charge is -2.35. The van der Waals surface area contributed by atoms with Gasteiger partial charge in [-0.05, 0) is 44.8 Å². The van der Waals surface area contributed by atoms with Gasteiger partial charge in [-0.25, -0.2) is 0 Å². The van der Waals surface area contributed by atoms with Crippen molar-refractivity contribution in [2.75, 3.05) is 33.2 Å². The van der Waals surface area contributed by atoms with E-state index in [0.29, 0.717) is 0 Å². The highest BCUT2D eigenvalue weighted by molar-refractivity contribution is 5.82. The fourth-order valence-corrected chi connectivity index (χ4v) is 4.18. The molecule has 0 radical (unpaired) electrons. The van der Waals surface area contributed by atoms with Gasteiger partial charge in [0.05, 0.1) is 6.04 Å². The molecular formula is C21H32N4O2. The molecule has 6 nitrogen and oxygen atoms in total. The SMILES string of the molecule is CNC(=O)C1CCN(C(C)C(=O)NC2CCN(Cc3ccccc3)C2)CC1. The van der Waals surface area contributed by atoms with Crippen molar-refractivity contribution < 1.29 is 9.59 Å². The lowest BCUT2D eigenvalue weighted by atomic mass is 9.95. The van der Waals surface area contributed by atoms with Crippen LogP contribution in [0.25, 0.3) is 0 Å². The average Bonchev–Trinajstić information content (AvgIpc) is 3.14. The van der Waals surface area contributed by atoms with E-state index in [0.717, 1.165) is 52.0 Å². The van der Waals surface area contributed by atoms with Gasteiger partial charge in [-0.1, -0.05) is 30.3 Å². The maximum absolute atomic E-state index is 12.7. The van der Waals surface area contributed by atoms with E-state index in [1.165, 1.54) is 5.56 Å². The largest absolute Gasteiger partial charge is 0.359 e. The Labute approximate surface area is 162 Å². The van der Waals surface area contributed by atoms with Crippen molar-refractivity contribution in [3.05, 3.63) is 35.9 Å². The lowest BCUT2D eigenvalue weighted by Crippen LogP contribution is -2.51. The quantitative estimate of drug-likeness (QED) is 0.788. The molecule has 2 aliphatic heterocycles. The maximum Gasteiger partial charge on any atom is 0.237 e. The zero-order valence-electron chi connectivity index (χ0n) is 16.5. The van der Waals surface area contributed by atoms with Crippen LogP contribution in [-0.4, -0.2) is 66.9 Å². The summed E-state index contributed by atoms with van der Waals surface area (Å²) in [7, 11) is 1.69. The summed E-state index contributed by atoms with van der Waals surface area (Å²) in [4.78, 5) is 29.0. The zero-order chi connectivity index (χ0) is 19.2. The predicted molar refractivity (Wildman–Crippen MR) is 106 cm³/mol. The fraction of sp³-hybridized carbons (Fsp3) is 0.619. The highest BCUT2D eigenvalue weighted by atomic mass is 16.2. The molecule has 148 valence electrons. The van der Waals surface area contributed by atoms with Crippen molar-refractivity contribution in [2.45, 2.75) is 44.8 Å². The lowest BCUT2D eigenvalue weighted by molar-refractivity contribution is -0.128. The number of carbonyl (C=O) groups is 2. The predicted octanol–water partition coefficient (Wildman–Crippen LogP) is 1.22. The van der Waals surface area contributed by atoms with Gasteiger partial charge >= 0.3 is 0 Å². The summed E-state index contributed by atoms with van der Waals surface area (Å²) < 4.78 is 0. The Balaban J connectivity index is 1.42. The van der Waals surface area contributed by atoms with Gasteiger partial charge in [0, 0.05) is 38.6 Å². The minimum Gasteiger partial charge on any atom is -0.359 e. The summed E-state index contributed by atoms with van der Waals surface area (Å²) in [6.45, 7) is 6.45. The molecule has 2 N–H and O–H groups in total. The minimum absolute atomic E-state index is 0.0860. The van der Waals surface area contributed by atoms with Crippen molar-refractivity contribution in [3.63, 3.8) is 0 Å². The van der Waals surface area contributed by atoms with Crippen LogP contribution in [0.15, 0.2) is 30.3 Å². The van der Waals surface area contributed by atoms with Gasteiger partial charge in [0.2, 0.25) is 11.8 Å². The van der Waals surface area contributed by atoms with E-state index >= 15 is 0 Å². The number of nitrogens with one attached hydrogen (secondary N) is 2. The second kappa shape index (κ2) is 9.33. The minimum atomic E-state index is -0.140. The van der Waals surface area contributed by atoms with Gasteiger partial charge in [-0.15, -0.1) is 0 Å². The Kier molecular flexibility index (Phi) is 6.85. The van der Waals surface area contributed by atoms with E-state index in [4.69, 9.17) is 0 Å². The van der Waals surface area contributed by atoms with E-state index < -0.39 is 0 Å². The first-order valence-corrected chi connectivity index (χ1v) is 10.1. The molecule has 0 aromatic heterocycles. The molecular weight excluding hydrogens is 340 g/mol. The summed E-state index contributed by atoms with van der Waals surface area (Å²) >= 11 is 0. The van der Waals surface area contributed by atoms with Crippen LogP contribution in [0.4, 0.5) is 0 Å².